The second-order valence-electron chi connectivity index (χ2n) is 6.16. The van der Waals surface area contributed by atoms with E-state index in [1.54, 1.807) is 0 Å². The van der Waals surface area contributed by atoms with Crippen LogP contribution in [0, 0.1) is 19.8 Å². The van der Waals surface area contributed by atoms with Crippen molar-refractivity contribution in [2.75, 3.05) is 6.54 Å². The Balaban J connectivity index is 1.87. The van der Waals surface area contributed by atoms with Crippen molar-refractivity contribution in [2.24, 2.45) is 11.7 Å². The first kappa shape index (κ1) is 14.2. The summed E-state index contributed by atoms with van der Waals surface area (Å²) in [5.74, 6) is 1.55. The summed E-state index contributed by atoms with van der Waals surface area (Å²) < 4.78 is 0. The minimum atomic E-state index is 0.599. The number of nitrogens with two attached hydrogens (primary N) is 1. The van der Waals surface area contributed by atoms with Crippen LogP contribution < -0.4 is 5.73 Å². The van der Waals surface area contributed by atoms with Gasteiger partial charge in [0, 0.05) is 17.8 Å². The third-order valence-corrected chi connectivity index (χ3v) is 4.41. The van der Waals surface area contributed by atoms with E-state index in [2.05, 4.69) is 38.1 Å². The molecule has 0 radical (unpaired) electrons. The molecule has 0 saturated heterocycles. The van der Waals surface area contributed by atoms with E-state index >= 15 is 0 Å². The van der Waals surface area contributed by atoms with Crippen molar-refractivity contribution in [3.63, 3.8) is 0 Å². The van der Waals surface area contributed by atoms with Crippen LogP contribution in [0.1, 0.15) is 40.3 Å². The molecule has 1 aliphatic carbocycles. The van der Waals surface area contributed by atoms with Crippen LogP contribution in [0.15, 0.2) is 24.3 Å². The van der Waals surface area contributed by atoms with Crippen molar-refractivity contribution in [1.82, 2.24) is 9.97 Å². The molecule has 0 bridgehead atoms. The quantitative estimate of drug-likeness (QED) is 0.941. The molecule has 0 fully saturated rings. The maximum absolute atomic E-state index is 5.82. The minimum Gasteiger partial charge on any atom is -0.330 e. The molecule has 1 heterocycles. The zero-order chi connectivity index (χ0) is 14.8. The maximum Gasteiger partial charge on any atom is 0.133 e. The lowest BCUT2D eigenvalue weighted by Crippen LogP contribution is -2.24. The van der Waals surface area contributed by atoms with Gasteiger partial charge in [0.15, 0.2) is 0 Å². The summed E-state index contributed by atoms with van der Waals surface area (Å²) in [5, 5.41) is 0. The van der Waals surface area contributed by atoms with Gasteiger partial charge in [-0.15, -0.1) is 0 Å². The molecule has 0 amide bonds. The van der Waals surface area contributed by atoms with Gasteiger partial charge in [0.05, 0.1) is 0 Å². The molecule has 1 aromatic heterocycles. The van der Waals surface area contributed by atoms with Crippen LogP contribution in [0.3, 0.4) is 0 Å². The third kappa shape index (κ3) is 3.13. The smallest absolute Gasteiger partial charge is 0.133 e. The van der Waals surface area contributed by atoms with Crippen LogP contribution in [0.2, 0.25) is 0 Å². The van der Waals surface area contributed by atoms with Crippen LogP contribution in [0.25, 0.3) is 0 Å². The van der Waals surface area contributed by atoms with E-state index < -0.39 is 0 Å². The average Bonchev–Trinajstić information content (AvgIpc) is 2.47. The van der Waals surface area contributed by atoms with Gasteiger partial charge in [-0.25, -0.2) is 9.97 Å². The van der Waals surface area contributed by atoms with E-state index in [-0.39, 0.29) is 0 Å². The highest BCUT2D eigenvalue weighted by Crippen LogP contribution is 2.26. The first-order valence-corrected chi connectivity index (χ1v) is 7.76. The lowest BCUT2D eigenvalue weighted by Gasteiger charge is -2.24. The van der Waals surface area contributed by atoms with E-state index in [4.69, 9.17) is 15.7 Å². The van der Waals surface area contributed by atoms with Crippen molar-refractivity contribution in [2.45, 2.75) is 39.5 Å². The zero-order valence-electron chi connectivity index (χ0n) is 12.9. The SMILES string of the molecule is Cc1cccc(Cc2nc(C)c3c(n2)CCC(CN)C3)c1. The Bertz CT molecular complexity index is 649. The molecule has 21 heavy (non-hydrogen) atoms. The molecule has 3 nitrogen and oxygen atoms in total. The van der Waals surface area contributed by atoms with Crippen molar-refractivity contribution in [3.05, 3.63) is 58.2 Å². The first-order chi connectivity index (χ1) is 10.2. The van der Waals surface area contributed by atoms with Gasteiger partial charge in [0.1, 0.15) is 5.82 Å². The van der Waals surface area contributed by atoms with Gasteiger partial charge in [-0.05, 0) is 56.7 Å². The molecule has 0 spiro atoms. The summed E-state index contributed by atoms with van der Waals surface area (Å²) in [6.45, 7) is 5.00. The minimum absolute atomic E-state index is 0.599. The lowest BCUT2D eigenvalue weighted by atomic mass is 9.86. The van der Waals surface area contributed by atoms with Crippen LogP contribution in [0.5, 0.6) is 0 Å². The van der Waals surface area contributed by atoms with Crippen molar-refractivity contribution < 1.29 is 0 Å². The highest BCUT2D eigenvalue weighted by atomic mass is 14.9. The van der Waals surface area contributed by atoms with E-state index in [1.165, 1.54) is 22.4 Å². The largest absolute Gasteiger partial charge is 0.330 e. The van der Waals surface area contributed by atoms with E-state index in [0.29, 0.717) is 5.92 Å². The molecule has 2 N–H and O–H groups in total. The molecular formula is C18H23N3. The molecule has 1 atom stereocenters. The number of hydrogen-bond acceptors (Lipinski definition) is 3. The predicted molar refractivity (Wildman–Crippen MR) is 85.3 cm³/mol. The molecular weight excluding hydrogens is 258 g/mol. The third-order valence-electron chi connectivity index (χ3n) is 4.41. The Kier molecular flexibility index (Phi) is 4.02. The van der Waals surface area contributed by atoms with Gasteiger partial charge in [-0.1, -0.05) is 29.8 Å². The summed E-state index contributed by atoms with van der Waals surface area (Å²) in [6.07, 6.45) is 4.06. The van der Waals surface area contributed by atoms with Crippen LogP contribution in [-0.2, 0) is 19.3 Å². The van der Waals surface area contributed by atoms with Gasteiger partial charge in [-0.3, -0.25) is 0 Å². The fourth-order valence-electron chi connectivity index (χ4n) is 3.21. The lowest BCUT2D eigenvalue weighted by molar-refractivity contribution is 0.458. The monoisotopic (exact) mass is 281 g/mol. The molecule has 1 aromatic carbocycles. The number of benzene rings is 1. The highest BCUT2D eigenvalue weighted by molar-refractivity contribution is 5.30. The Hall–Kier alpha value is -1.74. The summed E-state index contributed by atoms with van der Waals surface area (Å²) in [7, 11) is 0. The topological polar surface area (TPSA) is 51.8 Å². The predicted octanol–water partition coefficient (Wildman–Crippen LogP) is 2.75. The highest BCUT2D eigenvalue weighted by Gasteiger charge is 2.21. The van der Waals surface area contributed by atoms with E-state index in [1.807, 2.05) is 0 Å². The van der Waals surface area contributed by atoms with Gasteiger partial charge in [0.25, 0.3) is 0 Å². The summed E-state index contributed by atoms with van der Waals surface area (Å²) in [6, 6.07) is 8.58. The average molecular weight is 281 g/mol. The Morgan fingerprint density at radius 1 is 1.24 bits per heavy atom. The van der Waals surface area contributed by atoms with Gasteiger partial charge < -0.3 is 5.73 Å². The zero-order valence-corrected chi connectivity index (χ0v) is 12.9. The Morgan fingerprint density at radius 3 is 2.86 bits per heavy atom. The maximum atomic E-state index is 5.82. The molecule has 3 heteroatoms. The van der Waals surface area contributed by atoms with Crippen LogP contribution >= 0.6 is 0 Å². The number of aromatic nitrogens is 2. The number of nitrogens with zero attached hydrogens (tertiary/aromatic N) is 2. The molecule has 1 aliphatic rings. The van der Waals surface area contributed by atoms with E-state index in [9.17, 15) is 0 Å². The molecule has 0 saturated carbocycles. The summed E-state index contributed by atoms with van der Waals surface area (Å²) >= 11 is 0. The van der Waals surface area contributed by atoms with Gasteiger partial charge in [0.2, 0.25) is 0 Å². The molecule has 2 aromatic rings. The number of hydrogen-bond donors (Lipinski definition) is 1. The second-order valence-corrected chi connectivity index (χ2v) is 6.16. The van der Waals surface area contributed by atoms with Gasteiger partial charge in [-0.2, -0.15) is 0 Å². The number of aryl methyl sites for hydroxylation is 3. The normalized spacial score (nSPS) is 17.6. The Morgan fingerprint density at radius 2 is 2.10 bits per heavy atom. The fourth-order valence-corrected chi connectivity index (χ4v) is 3.21. The van der Waals surface area contributed by atoms with Crippen molar-refractivity contribution >= 4 is 0 Å². The fraction of sp³-hybridized carbons (Fsp3) is 0.444. The Labute approximate surface area is 126 Å². The van der Waals surface area contributed by atoms with E-state index in [0.717, 1.165) is 43.7 Å². The molecule has 0 aliphatic heterocycles. The van der Waals surface area contributed by atoms with Crippen LogP contribution in [-0.4, -0.2) is 16.5 Å². The molecule has 110 valence electrons. The number of fused-ring (bicyclic) bond motifs is 1. The first-order valence-electron chi connectivity index (χ1n) is 7.76. The molecule has 3 rings (SSSR count). The van der Waals surface area contributed by atoms with Crippen LogP contribution in [0.4, 0.5) is 0 Å². The summed E-state index contributed by atoms with van der Waals surface area (Å²) in [4.78, 5) is 9.54. The summed E-state index contributed by atoms with van der Waals surface area (Å²) in [5.41, 5.74) is 12.1. The standard InChI is InChI=1S/C18H23N3/c1-12-4-3-5-14(8-12)10-18-20-13(2)16-9-15(11-19)6-7-17(16)21-18/h3-5,8,15H,6-7,9-11,19H2,1-2H3. The number of rotatable bonds is 3. The van der Waals surface area contributed by atoms with Crippen molar-refractivity contribution in [3.8, 4) is 0 Å². The van der Waals surface area contributed by atoms with Gasteiger partial charge >= 0.3 is 0 Å². The molecule has 1 unspecified atom stereocenters. The van der Waals surface area contributed by atoms with Crippen molar-refractivity contribution in [1.29, 1.82) is 0 Å². The second kappa shape index (κ2) is 5.94.